The molecule has 2 rings (SSSR count). The van der Waals surface area contributed by atoms with Crippen LogP contribution in [0, 0.1) is 25.5 Å². The zero-order valence-electron chi connectivity index (χ0n) is 11.4. The summed E-state index contributed by atoms with van der Waals surface area (Å²) in [6, 6.07) is 5.67. The number of halogens is 2. The lowest BCUT2D eigenvalue weighted by molar-refractivity contribution is 0.594. The Morgan fingerprint density at radius 1 is 1.10 bits per heavy atom. The fourth-order valence-electron chi connectivity index (χ4n) is 1.94. The summed E-state index contributed by atoms with van der Waals surface area (Å²) in [4.78, 5) is -0.133. The highest BCUT2D eigenvalue weighted by Gasteiger charge is 2.22. The van der Waals surface area contributed by atoms with E-state index in [0.29, 0.717) is 5.56 Å². The molecule has 0 amide bonds. The largest absolute Gasteiger partial charge is 0.398 e. The molecule has 3 N–H and O–H groups in total. The molecular formula is C14H14F2N2O2S. The number of nitrogens with two attached hydrogens (primary N) is 1. The summed E-state index contributed by atoms with van der Waals surface area (Å²) in [6.45, 7) is 3.33. The van der Waals surface area contributed by atoms with E-state index in [2.05, 4.69) is 0 Å². The third-order valence-electron chi connectivity index (χ3n) is 3.15. The van der Waals surface area contributed by atoms with Gasteiger partial charge < -0.3 is 5.73 Å². The summed E-state index contributed by atoms with van der Waals surface area (Å²) in [5.74, 6) is -1.62. The van der Waals surface area contributed by atoms with Gasteiger partial charge in [-0.15, -0.1) is 0 Å². The van der Waals surface area contributed by atoms with Crippen LogP contribution in [0.5, 0.6) is 0 Å². The predicted octanol–water partition coefficient (Wildman–Crippen LogP) is 2.96. The summed E-state index contributed by atoms with van der Waals surface area (Å²) in [5, 5.41) is 0. The normalized spacial score (nSPS) is 11.4. The van der Waals surface area contributed by atoms with E-state index in [1.165, 1.54) is 6.07 Å². The van der Waals surface area contributed by atoms with E-state index >= 15 is 0 Å². The minimum atomic E-state index is -4.12. The van der Waals surface area contributed by atoms with Gasteiger partial charge in [0.2, 0.25) is 0 Å². The minimum Gasteiger partial charge on any atom is -0.398 e. The van der Waals surface area contributed by atoms with Gasteiger partial charge in [0, 0.05) is 6.07 Å². The predicted molar refractivity (Wildman–Crippen MR) is 77.5 cm³/mol. The summed E-state index contributed by atoms with van der Waals surface area (Å²) >= 11 is 0. The molecule has 0 radical (unpaired) electrons. The van der Waals surface area contributed by atoms with Gasteiger partial charge in [-0.2, -0.15) is 0 Å². The fraction of sp³-hybridized carbons (Fsp3) is 0.143. The Morgan fingerprint density at radius 2 is 1.76 bits per heavy atom. The standard InChI is InChI=1S/C14H14F2N2O2S/c1-8-3-6-12(17)14(9(8)2)21(19,20)18-13-7-10(15)4-5-11(13)16/h3-7,18H,17H2,1-2H3. The third-order valence-corrected chi connectivity index (χ3v) is 4.72. The molecule has 2 aromatic carbocycles. The van der Waals surface area contributed by atoms with Crippen LogP contribution in [0.25, 0.3) is 0 Å². The minimum absolute atomic E-state index is 0.0439. The molecule has 7 heteroatoms. The number of nitrogen functional groups attached to an aromatic ring is 1. The summed E-state index contributed by atoms with van der Waals surface area (Å²) < 4.78 is 53.5. The van der Waals surface area contributed by atoms with E-state index in [1.807, 2.05) is 4.72 Å². The van der Waals surface area contributed by atoms with Crippen molar-refractivity contribution in [3.05, 3.63) is 53.1 Å². The second kappa shape index (κ2) is 5.33. The second-order valence-corrected chi connectivity index (χ2v) is 6.27. The monoisotopic (exact) mass is 312 g/mol. The van der Waals surface area contributed by atoms with E-state index in [-0.39, 0.29) is 10.6 Å². The fourth-order valence-corrected chi connectivity index (χ4v) is 3.43. The molecule has 0 aliphatic carbocycles. The highest BCUT2D eigenvalue weighted by molar-refractivity contribution is 7.93. The topological polar surface area (TPSA) is 72.2 Å². The highest BCUT2D eigenvalue weighted by atomic mass is 32.2. The van der Waals surface area contributed by atoms with Crippen LogP contribution in [0.15, 0.2) is 35.2 Å². The Balaban J connectivity index is 2.54. The third kappa shape index (κ3) is 2.97. The van der Waals surface area contributed by atoms with Gasteiger partial charge in [0.15, 0.2) is 0 Å². The molecule has 21 heavy (non-hydrogen) atoms. The van der Waals surface area contributed by atoms with Gasteiger partial charge in [0.25, 0.3) is 10.0 Å². The van der Waals surface area contributed by atoms with Crippen molar-refractivity contribution in [2.24, 2.45) is 0 Å². The number of sulfonamides is 1. The Kier molecular flexibility index (Phi) is 3.87. The smallest absolute Gasteiger partial charge is 0.264 e. The molecule has 0 saturated carbocycles. The SMILES string of the molecule is Cc1ccc(N)c(S(=O)(=O)Nc2cc(F)ccc2F)c1C. The maximum atomic E-state index is 13.6. The number of hydrogen-bond acceptors (Lipinski definition) is 3. The van der Waals surface area contributed by atoms with Gasteiger partial charge in [-0.1, -0.05) is 6.07 Å². The molecule has 0 saturated heterocycles. The van der Waals surface area contributed by atoms with Crippen LogP contribution in [0.3, 0.4) is 0 Å². The van der Waals surface area contributed by atoms with E-state index < -0.39 is 27.3 Å². The molecule has 0 atom stereocenters. The molecule has 0 spiro atoms. The van der Waals surface area contributed by atoms with Crippen LogP contribution >= 0.6 is 0 Å². The van der Waals surface area contributed by atoms with E-state index in [0.717, 1.165) is 23.8 Å². The molecule has 0 unspecified atom stereocenters. The maximum Gasteiger partial charge on any atom is 0.264 e. The molecule has 0 aliphatic heterocycles. The van der Waals surface area contributed by atoms with Crippen LogP contribution < -0.4 is 10.5 Å². The zero-order chi connectivity index (χ0) is 15.8. The van der Waals surface area contributed by atoms with E-state index in [4.69, 9.17) is 5.73 Å². The number of rotatable bonds is 3. The molecule has 2 aromatic rings. The Morgan fingerprint density at radius 3 is 2.43 bits per heavy atom. The molecule has 0 aliphatic rings. The maximum absolute atomic E-state index is 13.6. The van der Waals surface area contributed by atoms with Crippen molar-refractivity contribution in [1.82, 2.24) is 0 Å². The van der Waals surface area contributed by atoms with Crippen LogP contribution in [0.4, 0.5) is 20.2 Å². The van der Waals surface area contributed by atoms with E-state index in [9.17, 15) is 17.2 Å². The van der Waals surface area contributed by atoms with Crippen molar-refractivity contribution in [3.63, 3.8) is 0 Å². The summed E-state index contributed by atoms with van der Waals surface area (Å²) in [5.41, 5.74) is 6.48. The van der Waals surface area contributed by atoms with Crippen LogP contribution in [0.2, 0.25) is 0 Å². The average Bonchev–Trinajstić information content (AvgIpc) is 2.38. The molecule has 0 bridgehead atoms. The quantitative estimate of drug-likeness (QED) is 0.856. The van der Waals surface area contributed by atoms with Crippen molar-refractivity contribution >= 4 is 21.4 Å². The number of benzene rings is 2. The first kappa shape index (κ1) is 15.2. The van der Waals surface area contributed by atoms with Gasteiger partial charge in [0.1, 0.15) is 16.5 Å². The lowest BCUT2D eigenvalue weighted by atomic mass is 10.1. The van der Waals surface area contributed by atoms with Gasteiger partial charge in [0.05, 0.1) is 11.4 Å². The molecule has 0 heterocycles. The lowest BCUT2D eigenvalue weighted by Crippen LogP contribution is -2.17. The Hall–Kier alpha value is -2.15. The van der Waals surface area contributed by atoms with Gasteiger partial charge >= 0.3 is 0 Å². The first-order chi connectivity index (χ1) is 9.72. The van der Waals surface area contributed by atoms with Gasteiger partial charge in [-0.05, 0) is 43.2 Å². The Labute approximate surface area is 121 Å². The van der Waals surface area contributed by atoms with Crippen LogP contribution in [-0.2, 0) is 10.0 Å². The number of anilines is 2. The molecular weight excluding hydrogens is 298 g/mol. The number of aryl methyl sites for hydroxylation is 1. The van der Waals surface area contributed by atoms with Crippen molar-refractivity contribution in [2.75, 3.05) is 10.5 Å². The second-order valence-electron chi connectivity index (χ2n) is 4.66. The Bertz CT molecular complexity index is 805. The van der Waals surface area contributed by atoms with Crippen LogP contribution in [0.1, 0.15) is 11.1 Å². The first-order valence-corrected chi connectivity index (χ1v) is 7.54. The zero-order valence-corrected chi connectivity index (χ0v) is 12.3. The van der Waals surface area contributed by atoms with Gasteiger partial charge in [-0.3, -0.25) is 4.72 Å². The van der Waals surface area contributed by atoms with E-state index in [1.54, 1.807) is 19.9 Å². The summed E-state index contributed by atoms with van der Waals surface area (Å²) in [7, 11) is -4.12. The van der Waals surface area contributed by atoms with Crippen molar-refractivity contribution in [3.8, 4) is 0 Å². The number of hydrogen-bond donors (Lipinski definition) is 2. The van der Waals surface area contributed by atoms with Crippen LogP contribution in [-0.4, -0.2) is 8.42 Å². The number of nitrogens with one attached hydrogen (secondary N) is 1. The highest BCUT2D eigenvalue weighted by Crippen LogP contribution is 2.28. The molecule has 0 aromatic heterocycles. The molecule has 112 valence electrons. The lowest BCUT2D eigenvalue weighted by Gasteiger charge is -2.14. The van der Waals surface area contributed by atoms with Crippen molar-refractivity contribution < 1.29 is 17.2 Å². The molecule has 0 fully saturated rings. The summed E-state index contributed by atoms with van der Waals surface area (Å²) in [6.07, 6.45) is 0. The molecule has 4 nitrogen and oxygen atoms in total. The average molecular weight is 312 g/mol. The van der Waals surface area contributed by atoms with Gasteiger partial charge in [-0.25, -0.2) is 17.2 Å². The first-order valence-electron chi connectivity index (χ1n) is 6.06. The van der Waals surface area contributed by atoms with Crippen molar-refractivity contribution in [1.29, 1.82) is 0 Å². The van der Waals surface area contributed by atoms with Crippen molar-refractivity contribution in [2.45, 2.75) is 18.7 Å².